The number of carboxylic acids is 1. The Bertz CT molecular complexity index is 343. The van der Waals surface area contributed by atoms with Gasteiger partial charge in [0.15, 0.2) is 0 Å². The summed E-state index contributed by atoms with van der Waals surface area (Å²) in [6, 6.07) is 0. The Morgan fingerprint density at radius 3 is 2.71 bits per heavy atom. The van der Waals surface area contributed by atoms with Crippen LogP contribution in [-0.4, -0.2) is 37.2 Å². The summed E-state index contributed by atoms with van der Waals surface area (Å²) in [6.45, 7) is 5.35. The Morgan fingerprint density at radius 1 is 1.65 bits per heavy atom. The molecule has 5 nitrogen and oxygen atoms in total. The van der Waals surface area contributed by atoms with Crippen molar-refractivity contribution in [2.75, 3.05) is 14.2 Å². The van der Waals surface area contributed by atoms with Crippen LogP contribution in [0.25, 0.3) is 0 Å². The lowest BCUT2D eigenvalue weighted by Crippen LogP contribution is -2.28. The second kappa shape index (κ2) is 5.33. The summed E-state index contributed by atoms with van der Waals surface area (Å²) in [5.41, 5.74) is -0.450. The normalized spacial score (nSPS) is 23.4. The summed E-state index contributed by atoms with van der Waals surface area (Å²) in [6.07, 6.45) is 2.18. The maximum atomic E-state index is 10.7. The molecular weight excluding hydrogens is 224 g/mol. The van der Waals surface area contributed by atoms with Crippen LogP contribution in [0.1, 0.15) is 19.8 Å². The minimum absolute atomic E-state index is 0.133. The van der Waals surface area contributed by atoms with Crippen LogP contribution in [0.4, 0.5) is 0 Å². The summed E-state index contributed by atoms with van der Waals surface area (Å²) >= 11 is 0. The molecule has 0 aromatic heterocycles. The molecule has 0 amide bonds. The van der Waals surface area contributed by atoms with Crippen LogP contribution in [-0.2, 0) is 19.0 Å². The molecule has 0 aromatic rings. The number of aliphatic carboxylic acids is 1. The fourth-order valence-corrected chi connectivity index (χ4v) is 1.79. The predicted octanol–water partition coefficient (Wildman–Crippen LogP) is 1.70. The molecule has 96 valence electrons. The highest BCUT2D eigenvalue weighted by molar-refractivity contribution is 5.85. The Kier molecular flexibility index (Phi) is 4.31. The van der Waals surface area contributed by atoms with Gasteiger partial charge in [-0.05, 0) is 13.0 Å². The Morgan fingerprint density at radius 2 is 2.24 bits per heavy atom. The molecule has 1 heterocycles. The average Bonchev–Trinajstić information content (AvgIpc) is 2.62. The van der Waals surface area contributed by atoms with E-state index in [1.54, 1.807) is 0 Å². The molecule has 1 aliphatic rings. The number of carboxylic acid groups (broad SMARTS) is 1. The standard InChI is InChI=1S/C12H18O5/c1-8(10(13)14)7-12(2)6-5-9(17-12)11(15-3)16-4/h5,11H,1,6-7H2,2-4H3,(H,13,14). The van der Waals surface area contributed by atoms with Gasteiger partial charge in [-0.1, -0.05) is 6.58 Å². The van der Waals surface area contributed by atoms with Crippen molar-refractivity contribution >= 4 is 5.97 Å². The maximum absolute atomic E-state index is 10.7. The third-order valence-electron chi connectivity index (χ3n) is 2.65. The Labute approximate surface area is 101 Å². The molecular formula is C12H18O5. The zero-order valence-corrected chi connectivity index (χ0v) is 10.4. The first-order valence-electron chi connectivity index (χ1n) is 5.27. The van der Waals surface area contributed by atoms with E-state index in [0.29, 0.717) is 12.2 Å². The van der Waals surface area contributed by atoms with Crippen molar-refractivity contribution in [1.82, 2.24) is 0 Å². The Balaban J connectivity index is 2.62. The van der Waals surface area contributed by atoms with Crippen molar-refractivity contribution in [2.45, 2.75) is 31.7 Å². The van der Waals surface area contributed by atoms with Crippen LogP contribution in [0.15, 0.2) is 24.0 Å². The van der Waals surface area contributed by atoms with Gasteiger partial charge < -0.3 is 19.3 Å². The highest BCUT2D eigenvalue weighted by Gasteiger charge is 2.36. The van der Waals surface area contributed by atoms with E-state index < -0.39 is 17.9 Å². The van der Waals surface area contributed by atoms with Gasteiger partial charge in [0.1, 0.15) is 11.4 Å². The van der Waals surface area contributed by atoms with Crippen LogP contribution in [0.5, 0.6) is 0 Å². The molecule has 0 aromatic carbocycles. The van der Waals surface area contributed by atoms with Crippen molar-refractivity contribution in [2.24, 2.45) is 0 Å². The molecule has 1 atom stereocenters. The van der Waals surface area contributed by atoms with E-state index in [9.17, 15) is 4.79 Å². The van der Waals surface area contributed by atoms with Gasteiger partial charge >= 0.3 is 5.97 Å². The van der Waals surface area contributed by atoms with Gasteiger partial charge in [0, 0.05) is 32.6 Å². The first-order valence-corrected chi connectivity index (χ1v) is 5.27. The lowest BCUT2D eigenvalue weighted by atomic mass is 9.95. The smallest absolute Gasteiger partial charge is 0.331 e. The molecule has 0 radical (unpaired) electrons. The van der Waals surface area contributed by atoms with Gasteiger partial charge in [0.05, 0.1) is 0 Å². The molecule has 0 saturated heterocycles. The molecule has 1 unspecified atom stereocenters. The molecule has 0 spiro atoms. The zero-order valence-electron chi connectivity index (χ0n) is 10.4. The van der Waals surface area contributed by atoms with Crippen molar-refractivity contribution in [3.8, 4) is 0 Å². The third kappa shape index (κ3) is 3.31. The minimum Gasteiger partial charge on any atom is -0.486 e. The highest BCUT2D eigenvalue weighted by Crippen LogP contribution is 2.35. The van der Waals surface area contributed by atoms with Gasteiger partial charge in [0.25, 0.3) is 0 Å². The fraction of sp³-hybridized carbons (Fsp3) is 0.583. The van der Waals surface area contributed by atoms with Crippen molar-refractivity contribution in [3.63, 3.8) is 0 Å². The number of ether oxygens (including phenoxy) is 3. The third-order valence-corrected chi connectivity index (χ3v) is 2.65. The summed E-state index contributed by atoms with van der Waals surface area (Å²) in [4.78, 5) is 10.7. The van der Waals surface area contributed by atoms with Crippen LogP contribution in [0.2, 0.25) is 0 Å². The average molecular weight is 242 g/mol. The van der Waals surface area contributed by atoms with Crippen molar-refractivity contribution in [1.29, 1.82) is 0 Å². The molecule has 1 aliphatic heterocycles. The van der Waals surface area contributed by atoms with Crippen LogP contribution in [0.3, 0.4) is 0 Å². The molecule has 0 saturated carbocycles. The summed E-state index contributed by atoms with van der Waals surface area (Å²) in [7, 11) is 3.04. The number of rotatable bonds is 6. The SMILES string of the molecule is C=C(CC1(C)CC=C(C(OC)OC)O1)C(=O)O. The second-order valence-electron chi connectivity index (χ2n) is 4.25. The molecule has 0 bridgehead atoms. The van der Waals surface area contributed by atoms with E-state index in [4.69, 9.17) is 19.3 Å². The molecule has 5 heteroatoms. The molecule has 0 fully saturated rings. The van der Waals surface area contributed by atoms with E-state index in [1.165, 1.54) is 14.2 Å². The number of carbonyl (C=O) groups is 1. The first kappa shape index (κ1) is 13.7. The van der Waals surface area contributed by atoms with Gasteiger partial charge in [-0.2, -0.15) is 0 Å². The first-order chi connectivity index (χ1) is 7.91. The van der Waals surface area contributed by atoms with E-state index in [1.807, 2.05) is 13.0 Å². The van der Waals surface area contributed by atoms with Gasteiger partial charge in [-0.3, -0.25) is 0 Å². The predicted molar refractivity (Wildman–Crippen MR) is 61.4 cm³/mol. The van der Waals surface area contributed by atoms with Crippen molar-refractivity contribution < 1.29 is 24.1 Å². The lowest BCUT2D eigenvalue weighted by molar-refractivity contribution is -0.134. The number of methoxy groups -OCH3 is 2. The summed E-state index contributed by atoms with van der Waals surface area (Å²) < 4.78 is 15.9. The summed E-state index contributed by atoms with van der Waals surface area (Å²) in [5.74, 6) is -0.422. The van der Waals surface area contributed by atoms with E-state index >= 15 is 0 Å². The molecule has 0 aliphatic carbocycles. The number of hydrogen-bond acceptors (Lipinski definition) is 4. The van der Waals surface area contributed by atoms with E-state index in [-0.39, 0.29) is 12.0 Å². The van der Waals surface area contributed by atoms with Crippen molar-refractivity contribution in [3.05, 3.63) is 24.0 Å². The van der Waals surface area contributed by atoms with Crippen LogP contribution >= 0.6 is 0 Å². The molecule has 17 heavy (non-hydrogen) atoms. The molecule has 1 N–H and O–H groups in total. The van der Waals surface area contributed by atoms with Crippen LogP contribution < -0.4 is 0 Å². The van der Waals surface area contributed by atoms with Gasteiger partial charge in [-0.15, -0.1) is 0 Å². The lowest BCUT2D eigenvalue weighted by Gasteiger charge is -2.27. The fourth-order valence-electron chi connectivity index (χ4n) is 1.79. The maximum Gasteiger partial charge on any atom is 0.331 e. The highest BCUT2D eigenvalue weighted by atomic mass is 16.7. The quantitative estimate of drug-likeness (QED) is 0.567. The largest absolute Gasteiger partial charge is 0.486 e. The van der Waals surface area contributed by atoms with Gasteiger partial charge in [-0.25, -0.2) is 4.79 Å². The van der Waals surface area contributed by atoms with Gasteiger partial charge in [0.2, 0.25) is 6.29 Å². The van der Waals surface area contributed by atoms with E-state index in [2.05, 4.69) is 6.58 Å². The van der Waals surface area contributed by atoms with Crippen LogP contribution in [0, 0.1) is 0 Å². The zero-order chi connectivity index (χ0) is 13.1. The van der Waals surface area contributed by atoms with E-state index in [0.717, 1.165) is 0 Å². The second-order valence-corrected chi connectivity index (χ2v) is 4.25. The Hall–Kier alpha value is -1.33. The topological polar surface area (TPSA) is 65.0 Å². The number of hydrogen-bond donors (Lipinski definition) is 1. The molecule has 1 rings (SSSR count). The monoisotopic (exact) mass is 242 g/mol. The minimum atomic E-state index is -1.00. The summed E-state index contributed by atoms with van der Waals surface area (Å²) in [5, 5.41) is 8.80.